The van der Waals surface area contributed by atoms with E-state index in [0.717, 1.165) is 11.3 Å². The molecule has 154 valence electrons. The molecule has 0 aliphatic heterocycles. The number of nitrogens with one attached hydrogen (secondary N) is 1. The number of hydrogen-bond acceptors (Lipinski definition) is 5. The molecule has 0 fully saturated rings. The minimum atomic E-state index is -4.77. The highest BCUT2D eigenvalue weighted by atomic mass is 19.4. The fourth-order valence-corrected chi connectivity index (χ4v) is 3.16. The third-order valence-corrected chi connectivity index (χ3v) is 4.48. The Hall–Kier alpha value is -3.75. The molecule has 2 aromatic heterocycles. The highest BCUT2D eigenvalue weighted by molar-refractivity contribution is 5.94. The van der Waals surface area contributed by atoms with Gasteiger partial charge in [-0.3, -0.25) is 4.98 Å². The molecule has 30 heavy (non-hydrogen) atoms. The number of ether oxygens (including phenoxy) is 2. The van der Waals surface area contributed by atoms with Crippen LogP contribution in [0.25, 0.3) is 22.2 Å². The molecule has 0 spiro atoms. The van der Waals surface area contributed by atoms with E-state index >= 15 is 0 Å². The second kappa shape index (κ2) is 7.58. The van der Waals surface area contributed by atoms with Crippen molar-refractivity contribution in [2.75, 3.05) is 12.4 Å². The number of aryl methyl sites for hydroxylation is 1. The number of alkyl halides is 3. The van der Waals surface area contributed by atoms with E-state index in [1.54, 1.807) is 38.0 Å². The number of rotatable bonds is 5. The first kappa shape index (κ1) is 19.6. The molecule has 1 N–H and O–H groups in total. The molecule has 0 aliphatic rings. The number of hydrogen-bond donors (Lipinski definition) is 1. The zero-order valence-corrected chi connectivity index (χ0v) is 16.1. The van der Waals surface area contributed by atoms with Crippen molar-refractivity contribution in [2.45, 2.75) is 6.36 Å². The van der Waals surface area contributed by atoms with Gasteiger partial charge in [0, 0.05) is 41.6 Å². The van der Waals surface area contributed by atoms with Crippen molar-refractivity contribution < 1.29 is 22.6 Å². The Morgan fingerprint density at radius 3 is 2.57 bits per heavy atom. The monoisotopic (exact) mass is 414 g/mol. The summed E-state index contributed by atoms with van der Waals surface area (Å²) in [6.07, 6.45) is 0.243. The Labute approximate surface area is 169 Å². The standard InChI is InChI=1S/C21H17F3N4O2/c1-28-12-25-11-20(28)13-7-14(9-16(8-13)29-2)27-19-5-6-26-18-4-3-15(10-17(18)19)30-21(22,23)24/h3-12H,1-2H3,(H,26,27). The summed E-state index contributed by atoms with van der Waals surface area (Å²) in [6.45, 7) is 0. The molecule has 0 amide bonds. The maximum atomic E-state index is 12.6. The summed E-state index contributed by atoms with van der Waals surface area (Å²) < 4.78 is 49.2. The zero-order chi connectivity index (χ0) is 21.3. The smallest absolute Gasteiger partial charge is 0.497 e. The predicted octanol–water partition coefficient (Wildman–Crippen LogP) is 5.29. The number of methoxy groups -OCH3 is 1. The van der Waals surface area contributed by atoms with Crippen molar-refractivity contribution in [3.8, 4) is 22.8 Å². The van der Waals surface area contributed by atoms with Crippen LogP contribution in [0.3, 0.4) is 0 Å². The molecular formula is C21H17F3N4O2. The van der Waals surface area contributed by atoms with Crippen molar-refractivity contribution in [1.29, 1.82) is 0 Å². The first-order valence-electron chi connectivity index (χ1n) is 8.90. The topological polar surface area (TPSA) is 61.2 Å². The number of imidazole rings is 1. The zero-order valence-electron chi connectivity index (χ0n) is 16.1. The van der Waals surface area contributed by atoms with Crippen LogP contribution in [0.2, 0.25) is 0 Å². The molecule has 6 nitrogen and oxygen atoms in total. The van der Waals surface area contributed by atoms with Crippen LogP contribution < -0.4 is 14.8 Å². The van der Waals surface area contributed by atoms with Crippen molar-refractivity contribution in [1.82, 2.24) is 14.5 Å². The van der Waals surface area contributed by atoms with Gasteiger partial charge in [0.2, 0.25) is 0 Å². The van der Waals surface area contributed by atoms with Gasteiger partial charge in [-0.2, -0.15) is 0 Å². The maximum Gasteiger partial charge on any atom is 0.573 e. The molecule has 0 saturated heterocycles. The van der Waals surface area contributed by atoms with Gasteiger partial charge in [0.25, 0.3) is 0 Å². The minimum absolute atomic E-state index is 0.313. The number of fused-ring (bicyclic) bond motifs is 1. The largest absolute Gasteiger partial charge is 0.573 e. The summed E-state index contributed by atoms with van der Waals surface area (Å²) in [5.74, 6) is 0.308. The molecule has 0 aliphatic carbocycles. The van der Waals surface area contributed by atoms with E-state index in [1.165, 1.54) is 18.2 Å². The van der Waals surface area contributed by atoms with Crippen LogP contribution >= 0.6 is 0 Å². The SMILES string of the molecule is COc1cc(Nc2ccnc3ccc(OC(F)(F)F)cc23)cc(-c2cncn2C)c1. The Morgan fingerprint density at radius 1 is 1.03 bits per heavy atom. The predicted molar refractivity (Wildman–Crippen MR) is 107 cm³/mol. The average Bonchev–Trinajstić information content (AvgIpc) is 3.13. The summed E-state index contributed by atoms with van der Waals surface area (Å²) in [5.41, 5.74) is 3.56. The van der Waals surface area contributed by atoms with Crippen LogP contribution in [0.4, 0.5) is 24.5 Å². The van der Waals surface area contributed by atoms with E-state index in [-0.39, 0.29) is 5.75 Å². The summed E-state index contributed by atoms with van der Waals surface area (Å²) >= 11 is 0. The number of nitrogens with zero attached hydrogens (tertiary/aromatic N) is 3. The maximum absolute atomic E-state index is 12.6. The fourth-order valence-electron chi connectivity index (χ4n) is 3.16. The minimum Gasteiger partial charge on any atom is -0.497 e. The van der Waals surface area contributed by atoms with Gasteiger partial charge >= 0.3 is 6.36 Å². The van der Waals surface area contributed by atoms with Crippen LogP contribution in [0.5, 0.6) is 11.5 Å². The Bertz CT molecular complexity index is 1200. The molecule has 0 radical (unpaired) electrons. The average molecular weight is 414 g/mol. The molecule has 4 aromatic rings. The summed E-state index contributed by atoms with van der Waals surface area (Å²) in [5, 5.41) is 3.74. The van der Waals surface area contributed by atoms with Gasteiger partial charge in [-0.15, -0.1) is 13.2 Å². The molecule has 4 rings (SSSR count). The van der Waals surface area contributed by atoms with Gasteiger partial charge in [0.1, 0.15) is 11.5 Å². The van der Waals surface area contributed by atoms with E-state index < -0.39 is 6.36 Å². The molecular weight excluding hydrogens is 397 g/mol. The van der Waals surface area contributed by atoms with Crippen LogP contribution in [-0.2, 0) is 7.05 Å². The third-order valence-electron chi connectivity index (χ3n) is 4.48. The number of benzene rings is 2. The highest BCUT2D eigenvalue weighted by Gasteiger charge is 2.31. The number of aromatic nitrogens is 3. The number of pyridine rings is 1. The van der Waals surface area contributed by atoms with Crippen molar-refractivity contribution in [3.63, 3.8) is 0 Å². The molecule has 0 unspecified atom stereocenters. The van der Waals surface area contributed by atoms with Crippen LogP contribution in [0.15, 0.2) is 61.2 Å². The van der Waals surface area contributed by atoms with E-state index in [9.17, 15) is 13.2 Å². The lowest BCUT2D eigenvalue weighted by Crippen LogP contribution is -2.17. The quantitative estimate of drug-likeness (QED) is 0.481. The summed E-state index contributed by atoms with van der Waals surface area (Å²) in [7, 11) is 3.45. The third kappa shape index (κ3) is 4.14. The van der Waals surface area contributed by atoms with Gasteiger partial charge in [-0.05, 0) is 36.4 Å². The molecule has 0 atom stereocenters. The normalized spacial score (nSPS) is 11.5. The van der Waals surface area contributed by atoms with E-state index in [1.807, 2.05) is 23.7 Å². The lowest BCUT2D eigenvalue weighted by molar-refractivity contribution is -0.274. The molecule has 2 aromatic carbocycles. The number of anilines is 2. The van der Waals surface area contributed by atoms with Gasteiger partial charge in [0.15, 0.2) is 0 Å². The first-order chi connectivity index (χ1) is 14.3. The highest BCUT2D eigenvalue weighted by Crippen LogP contribution is 2.34. The Kier molecular flexibility index (Phi) is 4.94. The molecule has 9 heteroatoms. The lowest BCUT2D eigenvalue weighted by Gasteiger charge is -2.14. The molecule has 0 bridgehead atoms. The van der Waals surface area contributed by atoms with Crippen molar-refractivity contribution in [3.05, 3.63) is 61.2 Å². The van der Waals surface area contributed by atoms with Crippen molar-refractivity contribution >= 4 is 22.3 Å². The van der Waals surface area contributed by atoms with Crippen LogP contribution in [0.1, 0.15) is 0 Å². The first-order valence-corrected chi connectivity index (χ1v) is 8.90. The van der Waals surface area contributed by atoms with Gasteiger partial charge in [-0.25, -0.2) is 4.98 Å². The van der Waals surface area contributed by atoms with E-state index in [2.05, 4.69) is 20.0 Å². The summed E-state index contributed by atoms with van der Waals surface area (Å²) in [4.78, 5) is 8.35. The van der Waals surface area contributed by atoms with Crippen LogP contribution in [0, 0.1) is 0 Å². The Balaban J connectivity index is 1.75. The van der Waals surface area contributed by atoms with Gasteiger partial charge in [-0.1, -0.05) is 0 Å². The Morgan fingerprint density at radius 2 is 1.87 bits per heavy atom. The fraction of sp³-hybridized carbons (Fsp3) is 0.143. The lowest BCUT2D eigenvalue weighted by atomic mass is 10.1. The van der Waals surface area contributed by atoms with E-state index in [4.69, 9.17) is 4.74 Å². The number of halogens is 3. The van der Waals surface area contributed by atoms with Crippen LogP contribution in [-0.4, -0.2) is 28.0 Å². The summed E-state index contributed by atoms with van der Waals surface area (Å²) in [6, 6.07) is 11.3. The van der Waals surface area contributed by atoms with Crippen molar-refractivity contribution in [2.24, 2.45) is 7.05 Å². The van der Waals surface area contributed by atoms with Gasteiger partial charge in [0.05, 0.1) is 30.8 Å². The molecule has 0 saturated carbocycles. The second-order valence-corrected chi connectivity index (χ2v) is 6.55. The second-order valence-electron chi connectivity index (χ2n) is 6.55. The molecule has 2 heterocycles. The van der Waals surface area contributed by atoms with Gasteiger partial charge < -0.3 is 19.4 Å². The van der Waals surface area contributed by atoms with E-state index in [0.29, 0.717) is 28.0 Å².